The highest BCUT2D eigenvalue weighted by Crippen LogP contribution is 2.31. The molecule has 0 spiro atoms. The van der Waals surface area contributed by atoms with Crippen molar-refractivity contribution in [2.75, 3.05) is 0 Å². The Morgan fingerprint density at radius 3 is 1.88 bits per heavy atom. The van der Waals surface area contributed by atoms with Crippen molar-refractivity contribution >= 4 is 5.97 Å². The van der Waals surface area contributed by atoms with Gasteiger partial charge in [0.05, 0.1) is 11.5 Å². The summed E-state index contributed by atoms with van der Waals surface area (Å²) in [6.45, 7) is 10.1. The highest BCUT2D eigenvalue weighted by atomic mass is 16.6. The molecule has 17 heavy (non-hydrogen) atoms. The fourth-order valence-corrected chi connectivity index (χ4v) is 1.12. The second-order valence-electron chi connectivity index (χ2n) is 5.36. The highest BCUT2D eigenvalue weighted by molar-refractivity contribution is 5.83. The van der Waals surface area contributed by atoms with Gasteiger partial charge in [0.15, 0.2) is 0 Å². The van der Waals surface area contributed by atoms with Crippen LogP contribution in [0.3, 0.4) is 0 Å². The number of hydrogen-bond acceptors (Lipinski definition) is 4. The predicted molar refractivity (Wildman–Crippen MR) is 66.7 cm³/mol. The van der Waals surface area contributed by atoms with Gasteiger partial charge in [-0.3, -0.25) is 0 Å². The van der Waals surface area contributed by atoms with Crippen molar-refractivity contribution in [3.63, 3.8) is 0 Å². The molecule has 0 aromatic rings. The summed E-state index contributed by atoms with van der Waals surface area (Å²) in [7, 11) is 0. The van der Waals surface area contributed by atoms with Gasteiger partial charge in [-0.25, -0.2) is 4.79 Å². The molecule has 0 rings (SSSR count). The third kappa shape index (κ3) is 4.93. The highest BCUT2D eigenvalue weighted by Gasteiger charge is 2.29. The summed E-state index contributed by atoms with van der Waals surface area (Å²) in [5, 5.41) is 19.4. The molecule has 98 valence electrons. The van der Waals surface area contributed by atoms with Gasteiger partial charge in [0.25, 0.3) is 0 Å². The molecule has 4 heteroatoms. The number of carbonyl (C=O) groups is 1. The van der Waals surface area contributed by atoms with E-state index < -0.39 is 17.0 Å². The van der Waals surface area contributed by atoms with E-state index in [9.17, 15) is 15.0 Å². The lowest BCUT2D eigenvalue weighted by atomic mass is 9.88. The summed E-state index contributed by atoms with van der Waals surface area (Å²) in [6, 6.07) is 0. The third-order valence-electron chi connectivity index (χ3n) is 2.22. The molecule has 0 saturated carbocycles. The minimum absolute atomic E-state index is 0.00481. The molecule has 0 bridgehead atoms. The van der Waals surface area contributed by atoms with Crippen molar-refractivity contribution in [2.45, 2.75) is 47.1 Å². The fourth-order valence-electron chi connectivity index (χ4n) is 1.12. The molecular formula is C13H22O4. The maximum atomic E-state index is 11.5. The molecule has 4 nitrogen and oxygen atoms in total. The van der Waals surface area contributed by atoms with E-state index in [2.05, 4.69) is 0 Å². The zero-order chi connectivity index (χ0) is 13.9. The molecule has 0 fully saturated rings. The van der Waals surface area contributed by atoms with E-state index in [0.717, 1.165) is 6.08 Å². The van der Waals surface area contributed by atoms with Gasteiger partial charge in [0, 0.05) is 0 Å². The van der Waals surface area contributed by atoms with Crippen LogP contribution in [0.4, 0.5) is 0 Å². The number of allylic oxidation sites excluding steroid dienone is 1. The van der Waals surface area contributed by atoms with Gasteiger partial charge in [-0.2, -0.15) is 0 Å². The standard InChI is InChI=1S/C13H22O4/c1-7-9(14)13(5,6)10(15)8-11(16)17-12(2,3)4/h7-8,14-15H,1-6H3/b9-7-,10-8-. The predicted octanol–water partition coefficient (Wildman–Crippen LogP) is 3.26. The Hall–Kier alpha value is -1.45. The molecule has 2 N–H and O–H groups in total. The molecule has 0 heterocycles. The van der Waals surface area contributed by atoms with Crippen LogP contribution in [-0.2, 0) is 9.53 Å². The van der Waals surface area contributed by atoms with E-state index in [1.807, 2.05) is 0 Å². The second kappa shape index (κ2) is 5.25. The van der Waals surface area contributed by atoms with E-state index in [-0.39, 0.29) is 11.5 Å². The van der Waals surface area contributed by atoms with Crippen LogP contribution in [0.5, 0.6) is 0 Å². The van der Waals surface area contributed by atoms with Crippen LogP contribution in [0.25, 0.3) is 0 Å². The smallest absolute Gasteiger partial charge is 0.334 e. The molecule has 0 unspecified atom stereocenters. The Kier molecular flexibility index (Phi) is 4.81. The van der Waals surface area contributed by atoms with Gasteiger partial charge < -0.3 is 14.9 Å². The molecule has 0 amide bonds. The molecule has 0 aromatic heterocycles. The first-order valence-corrected chi connectivity index (χ1v) is 5.50. The van der Waals surface area contributed by atoms with Gasteiger partial charge in [0.2, 0.25) is 0 Å². The average Bonchev–Trinajstić information content (AvgIpc) is 2.12. The van der Waals surface area contributed by atoms with Crippen molar-refractivity contribution in [2.24, 2.45) is 5.41 Å². The minimum atomic E-state index is -0.994. The van der Waals surface area contributed by atoms with Crippen LogP contribution in [-0.4, -0.2) is 21.8 Å². The SMILES string of the molecule is C/C=C(\O)C(C)(C)/C(O)=C/C(=O)OC(C)(C)C. The lowest BCUT2D eigenvalue weighted by Gasteiger charge is -2.23. The summed E-state index contributed by atoms with van der Waals surface area (Å²) in [5.41, 5.74) is -1.60. The Bertz CT molecular complexity index is 343. The molecule has 0 atom stereocenters. The van der Waals surface area contributed by atoms with Gasteiger partial charge in [-0.15, -0.1) is 0 Å². The molecule has 0 radical (unpaired) electrons. The first-order chi connectivity index (χ1) is 7.50. The maximum Gasteiger partial charge on any atom is 0.334 e. The van der Waals surface area contributed by atoms with Crippen molar-refractivity contribution in [1.29, 1.82) is 0 Å². The minimum Gasteiger partial charge on any atom is -0.512 e. The molecule has 0 aliphatic rings. The van der Waals surface area contributed by atoms with E-state index in [1.165, 1.54) is 6.08 Å². The zero-order valence-corrected chi connectivity index (χ0v) is 11.4. The summed E-state index contributed by atoms with van der Waals surface area (Å²) in [4.78, 5) is 11.5. The normalized spacial score (nSPS) is 14.7. The van der Waals surface area contributed by atoms with Gasteiger partial charge >= 0.3 is 5.97 Å². The lowest BCUT2D eigenvalue weighted by molar-refractivity contribution is -0.148. The van der Waals surface area contributed by atoms with E-state index in [1.54, 1.807) is 41.5 Å². The Labute approximate surface area is 103 Å². The van der Waals surface area contributed by atoms with Crippen LogP contribution < -0.4 is 0 Å². The van der Waals surface area contributed by atoms with Crippen LogP contribution in [0.1, 0.15) is 41.5 Å². The van der Waals surface area contributed by atoms with E-state index >= 15 is 0 Å². The third-order valence-corrected chi connectivity index (χ3v) is 2.22. The topological polar surface area (TPSA) is 66.8 Å². The summed E-state index contributed by atoms with van der Waals surface area (Å²) in [5.74, 6) is -0.871. The van der Waals surface area contributed by atoms with Crippen molar-refractivity contribution < 1.29 is 19.7 Å². The Balaban J connectivity index is 4.93. The summed E-state index contributed by atoms with van der Waals surface area (Å²) < 4.78 is 5.04. The number of ether oxygens (including phenoxy) is 1. The number of carbonyl (C=O) groups excluding carboxylic acids is 1. The van der Waals surface area contributed by atoms with E-state index in [4.69, 9.17) is 4.74 Å². The fraction of sp³-hybridized carbons (Fsp3) is 0.615. The number of esters is 1. The van der Waals surface area contributed by atoms with Crippen molar-refractivity contribution in [3.05, 3.63) is 23.7 Å². The van der Waals surface area contributed by atoms with Gasteiger partial charge in [-0.05, 0) is 47.6 Å². The molecular weight excluding hydrogens is 220 g/mol. The van der Waals surface area contributed by atoms with E-state index in [0.29, 0.717) is 0 Å². The summed E-state index contributed by atoms with van der Waals surface area (Å²) in [6.07, 6.45) is 2.46. The monoisotopic (exact) mass is 242 g/mol. The summed E-state index contributed by atoms with van der Waals surface area (Å²) >= 11 is 0. The first kappa shape index (κ1) is 15.6. The van der Waals surface area contributed by atoms with Crippen molar-refractivity contribution in [3.8, 4) is 0 Å². The quantitative estimate of drug-likeness (QED) is 0.453. The lowest BCUT2D eigenvalue weighted by Crippen LogP contribution is -2.24. The Morgan fingerprint density at radius 1 is 1.06 bits per heavy atom. The van der Waals surface area contributed by atoms with Crippen LogP contribution in [0, 0.1) is 5.41 Å². The van der Waals surface area contributed by atoms with Crippen LogP contribution in [0.15, 0.2) is 23.7 Å². The van der Waals surface area contributed by atoms with Gasteiger partial charge in [-0.1, -0.05) is 0 Å². The molecule has 0 aliphatic heterocycles. The number of aliphatic hydroxyl groups excluding tert-OH is 2. The largest absolute Gasteiger partial charge is 0.512 e. The number of hydrogen-bond donors (Lipinski definition) is 2. The van der Waals surface area contributed by atoms with Crippen LogP contribution in [0.2, 0.25) is 0 Å². The average molecular weight is 242 g/mol. The Morgan fingerprint density at radius 2 is 1.53 bits per heavy atom. The molecule has 0 saturated heterocycles. The van der Waals surface area contributed by atoms with Crippen molar-refractivity contribution in [1.82, 2.24) is 0 Å². The second-order valence-corrected chi connectivity index (χ2v) is 5.36. The van der Waals surface area contributed by atoms with Crippen LogP contribution >= 0.6 is 0 Å². The molecule has 0 aromatic carbocycles. The number of aliphatic hydroxyl groups is 2. The zero-order valence-electron chi connectivity index (χ0n) is 11.4. The number of rotatable bonds is 3. The first-order valence-electron chi connectivity index (χ1n) is 5.50. The van der Waals surface area contributed by atoms with Gasteiger partial charge in [0.1, 0.15) is 17.1 Å². The molecule has 0 aliphatic carbocycles. The maximum absolute atomic E-state index is 11.5.